The molecule has 9 aromatic rings. The smallest absolute Gasteiger partial charge is 0.870 e. The minimum atomic E-state index is -1.23. The van der Waals surface area contributed by atoms with E-state index < -0.39 is 32.0 Å². The van der Waals surface area contributed by atoms with Crippen LogP contribution in [-0.2, 0) is 37.1 Å². The predicted molar refractivity (Wildman–Crippen MR) is 339 cm³/mol. The molecular formula is C60H67Cl2FIKN6OP2PdSi2. The Bertz CT molecular complexity index is 2760. The molecule has 0 saturated carbocycles. The van der Waals surface area contributed by atoms with Crippen LogP contribution >= 0.6 is 57.5 Å². The largest absolute Gasteiger partial charge is 1.00 e. The van der Waals surface area contributed by atoms with Gasteiger partial charge in [0.25, 0.3) is 0 Å². The van der Waals surface area contributed by atoms with Crippen LogP contribution < -0.4 is 83.2 Å². The standard InChI is InChI=1S/2C18H15P.C9H14N2Si.C6H6N2.C5H10Si.C4H5IN2.2ClH.FH.K.H2O.Pd/c2*1-4-10-16(11-5-1)19(17-12-6-2-7-13-17)18-14-8-3-9-15-18;1-11-8-9(7-10-11)5-6-12(2,3)4;1-3-6-4-7-8(2)5-6;1-5-6(2,3)4;1-7-3-4(5)2-6-7;;;;;;/h2*1-15H;7-8H,1-4H3;1,4-5H,2H3;1H,2-4H3;2-3H,1H3;3*1H;;1H2;/q;;;;;;;;;+1;;+2/p-3. The van der Waals surface area contributed by atoms with Crippen LogP contribution in [0.3, 0.4) is 0 Å². The third-order valence-corrected chi connectivity index (χ3v) is 16.5. The number of rotatable bonds is 6. The van der Waals surface area contributed by atoms with E-state index in [1.807, 2.05) is 39.7 Å². The number of halogens is 4. The molecule has 0 aliphatic rings. The first-order valence-electron chi connectivity index (χ1n) is 23.3. The second-order valence-corrected chi connectivity index (χ2v) is 35.5. The van der Waals surface area contributed by atoms with E-state index in [9.17, 15) is 0 Å². The molecule has 0 spiro atoms. The van der Waals surface area contributed by atoms with Gasteiger partial charge in [-0.15, -0.1) is 23.9 Å². The molecular weight excluding hydrogens is 1300 g/mol. The normalized spacial score (nSPS) is 9.71. The fourth-order valence-electron chi connectivity index (χ4n) is 5.99. The molecule has 0 fully saturated rings. The van der Waals surface area contributed by atoms with E-state index in [4.69, 9.17) is 31.9 Å². The Morgan fingerprint density at radius 3 is 0.870 bits per heavy atom. The number of terminal acetylenes is 2. The fraction of sp³-hybridized carbons (Fsp3) is 0.150. The number of hydrogen-bond donors (Lipinski definition) is 0. The molecule has 7 nitrogen and oxygen atoms in total. The Labute approximate surface area is 535 Å². The molecule has 17 heteroatoms. The van der Waals surface area contributed by atoms with Crippen LogP contribution in [0.4, 0.5) is 4.70 Å². The third kappa shape index (κ3) is 31.7. The summed E-state index contributed by atoms with van der Waals surface area (Å²) in [6.07, 6.45) is 21.1. The van der Waals surface area contributed by atoms with Crippen molar-refractivity contribution in [3.63, 3.8) is 0 Å². The van der Waals surface area contributed by atoms with Gasteiger partial charge in [0, 0.05) is 39.7 Å². The number of hydrogen-bond acceptors (Lipinski definition) is 4. The maximum absolute atomic E-state index is 5.12. The Balaban J connectivity index is 0.000000929. The van der Waals surface area contributed by atoms with Crippen molar-refractivity contribution >= 4 is 105 Å². The van der Waals surface area contributed by atoms with Crippen LogP contribution in [0.1, 0.15) is 11.1 Å². The minimum Gasteiger partial charge on any atom is -0.870 e. The molecule has 6 aromatic carbocycles. The Morgan fingerprint density at radius 1 is 0.468 bits per heavy atom. The van der Waals surface area contributed by atoms with Gasteiger partial charge in [0.1, 0.15) is 16.1 Å². The van der Waals surface area contributed by atoms with Crippen LogP contribution in [-0.4, -0.2) is 51.0 Å². The summed E-state index contributed by atoms with van der Waals surface area (Å²) in [5.41, 5.74) is 7.87. The summed E-state index contributed by atoms with van der Waals surface area (Å²) in [6.45, 7) is 13.1. The van der Waals surface area contributed by atoms with Crippen molar-refractivity contribution in [1.82, 2.24) is 29.3 Å². The first-order valence-corrected chi connectivity index (χ1v) is 38.0. The van der Waals surface area contributed by atoms with Crippen molar-refractivity contribution in [2.24, 2.45) is 21.1 Å². The van der Waals surface area contributed by atoms with Crippen LogP contribution in [0, 0.1) is 39.3 Å². The van der Waals surface area contributed by atoms with E-state index >= 15 is 0 Å². The average Bonchev–Trinajstić information content (AvgIpc) is 4.15. The average molecular weight is 1370 g/mol. The summed E-state index contributed by atoms with van der Waals surface area (Å²) in [4.78, 5) is 0. The second-order valence-electron chi connectivity index (χ2n) is 17.9. The predicted octanol–water partition coefficient (Wildman–Crippen LogP) is 9.82. The Hall–Kier alpha value is -3.58. The molecule has 0 amide bonds. The zero-order valence-electron chi connectivity index (χ0n) is 45.3. The van der Waals surface area contributed by atoms with Gasteiger partial charge in [-0.05, 0) is 70.3 Å². The fourth-order valence-corrected chi connectivity index (χ4v) is 11.6. The van der Waals surface area contributed by atoms with Crippen molar-refractivity contribution in [1.29, 1.82) is 0 Å². The van der Waals surface area contributed by atoms with Gasteiger partial charge >= 0.3 is 86.4 Å². The molecule has 1 N–H and O–H groups in total. The quantitative estimate of drug-likeness (QED) is 0.0719. The van der Waals surface area contributed by atoms with Crippen LogP contribution in [0.2, 0.25) is 39.3 Å². The van der Waals surface area contributed by atoms with Crippen LogP contribution in [0.5, 0.6) is 0 Å². The zero-order chi connectivity index (χ0) is 54.2. The molecule has 0 aliphatic carbocycles. The summed E-state index contributed by atoms with van der Waals surface area (Å²) in [6, 6.07) is 64.7. The molecule has 0 unspecified atom stereocenters. The maximum atomic E-state index is 5.12. The van der Waals surface area contributed by atoms with Gasteiger partial charge < -0.3 is 5.48 Å². The molecule has 9 rings (SSSR count). The molecule has 0 aliphatic heterocycles. The molecule has 3 aromatic heterocycles. The van der Waals surface area contributed by atoms with Gasteiger partial charge in [-0.3, -0.25) is 18.7 Å². The van der Waals surface area contributed by atoms with Gasteiger partial charge in [-0.2, -0.15) is 15.3 Å². The minimum absolute atomic E-state index is 0. The van der Waals surface area contributed by atoms with Gasteiger partial charge in [-0.1, -0.05) is 233 Å². The summed E-state index contributed by atoms with van der Waals surface area (Å²) in [7, 11) is 12.0. The third-order valence-electron chi connectivity index (χ3n) is 9.35. The Morgan fingerprint density at radius 2 is 0.714 bits per heavy atom. The monoisotopic (exact) mass is 1370 g/mol. The van der Waals surface area contributed by atoms with Gasteiger partial charge in [0.2, 0.25) is 0 Å². The summed E-state index contributed by atoms with van der Waals surface area (Å²) < 4.78 is 6.41. The van der Waals surface area contributed by atoms with E-state index in [0.29, 0.717) is 0 Å². The summed E-state index contributed by atoms with van der Waals surface area (Å²) in [5, 5.41) is 20.2. The van der Waals surface area contributed by atoms with Gasteiger partial charge in [0.05, 0.1) is 33.3 Å². The van der Waals surface area contributed by atoms with Gasteiger partial charge in [-0.25, -0.2) is 0 Å². The molecule has 0 saturated heterocycles. The van der Waals surface area contributed by atoms with Crippen molar-refractivity contribution in [2.45, 2.75) is 39.3 Å². The number of aryl methyl sites for hydroxylation is 3. The van der Waals surface area contributed by atoms with Gasteiger partial charge in [0.15, 0.2) is 0 Å². The van der Waals surface area contributed by atoms with Crippen LogP contribution in [0.15, 0.2) is 219 Å². The van der Waals surface area contributed by atoms with Crippen molar-refractivity contribution in [2.75, 3.05) is 0 Å². The van der Waals surface area contributed by atoms with Crippen LogP contribution in [0.25, 0.3) is 0 Å². The SMILES string of the molecule is C#C[Si](C)(C)C.C#Cc1cnn(C)c1.Cn1cc(C#C[Si](C)(C)C)cn1.Cn1cc(I)cn1.F.[Cl][Pd][Cl].[K+].[OH-].c1ccc(P(c2ccccc2)c2ccccc2)cc1.c1ccc(P(c2ccccc2)c2ccccc2)cc1. The number of nitrogens with zero attached hydrogens (tertiary/aromatic N) is 6. The van der Waals surface area contributed by atoms with E-state index in [0.717, 1.165) is 11.1 Å². The zero-order valence-corrected chi connectivity index (χ0v) is 57.5. The number of aromatic nitrogens is 6. The van der Waals surface area contributed by atoms with Crippen molar-refractivity contribution < 1.29 is 77.5 Å². The molecule has 0 bridgehead atoms. The Kier molecular flexibility index (Phi) is 39.5. The number of benzene rings is 6. The first kappa shape index (κ1) is 73.4. The summed E-state index contributed by atoms with van der Waals surface area (Å²) >= 11 is 2.11. The topological polar surface area (TPSA) is 83.5 Å². The van der Waals surface area contributed by atoms with Crippen molar-refractivity contribution in [3.8, 4) is 35.8 Å². The summed E-state index contributed by atoms with van der Waals surface area (Å²) in [5.74, 6) is 5.60. The molecule has 3 heterocycles. The molecule has 0 radical (unpaired) electrons. The first-order chi connectivity index (χ1) is 35.5. The molecule has 400 valence electrons. The maximum Gasteiger partial charge on any atom is 1.00 e. The second kappa shape index (κ2) is 41.4. The van der Waals surface area contributed by atoms with E-state index in [1.165, 1.54) is 35.4 Å². The van der Waals surface area contributed by atoms with E-state index in [-0.39, 0.29) is 77.5 Å². The molecule has 0 atom stereocenters. The van der Waals surface area contributed by atoms with Crippen molar-refractivity contribution in [3.05, 3.63) is 234 Å². The van der Waals surface area contributed by atoms with E-state index in [1.54, 1.807) is 32.6 Å². The van der Waals surface area contributed by atoms with E-state index in [2.05, 4.69) is 282 Å². The molecule has 77 heavy (non-hydrogen) atoms.